The first-order valence-electron chi connectivity index (χ1n) is 16.1. The Morgan fingerprint density at radius 1 is 1.00 bits per heavy atom. The van der Waals surface area contributed by atoms with E-state index in [-0.39, 0.29) is 37.3 Å². The van der Waals surface area contributed by atoms with Crippen molar-refractivity contribution in [2.45, 2.75) is 92.7 Å². The van der Waals surface area contributed by atoms with E-state index in [0.717, 1.165) is 0 Å². The number of likely N-dealkylation sites (N-methyl/N-ethyl adjacent to an activating group) is 1. The molecule has 0 aromatic heterocycles. The summed E-state index contributed by atoms with van der Waals surface area (Å²) in [5.74, 6) is -1.84. The fourth-order valence-corrected chi connectivity index (χ4v) is 11.9. The van der Waals surface area contributed by atoms with Crippen molar-refractivity contribution in [2.24, 2.45) is 22.7 Å². The fourth-order valence-electron chi connectivity index (χ4n) is 11.9. The number of esters is 1. The molecule has 12 unspecified atom stereocenters. The molecular formula is C33H46N2O10. The summed E-state index contributed by atoms with van der Waals surface area (Å²) in [4.78, 5) is 27.5. The van der Waals surface area contributed by atoms with Crippen LogP contribution in [-0.2, 0) is 23.7 Å². The van der Waals surface area contributed by atoms with E-state index in [1.807, 2.05) is 6.92 Å². The maximum Gasteiger partial charge on any atom is 0.340 e. The van der Waals surface area contributed by atoms with E-state index in [2.05, 4.69) is 10.2 Å². The molecule has 7 bridgehead atoms. The summed E-state index contributed by atoms with van der Waals surface area (Å²) in [6.07, 6.45) is -0.997. The molecule has 12 atom stereocenters. The predicted molar refractivity (Wildman–Crippen MR) is 159 cm³/mol. The van der Waals surface area contributed by atoms with Gasteiger partial charge in [-0.1, -0.05) is 19.1 Å². The summed E-state index contributed by atoms with van der Waals surface area (Å²) in [5, 5.41) is 54.8. The quantitative estimate of drug-likeness (QED) is 0.257. The molecule has 0 radical (unpaired) electrons. The van der Waals surface area contributed by atoms with Gasteiger partial charge in [0.05, 0.1) is 47.6 Å². The lowest BCUT2D eigenvalue weighted by Crippen LogP contribution is -2.92. The normalized spacial score (nSPS) is 49.1. The number of piperidine rings is 1. The van der Waals surface area contributed by atoms with Crippen molar-refractivity contribution in [1.29, 1.82) is 0 Å². The van der Waals surface area contributed by atoms with Gasteiger partial charge in [-0.15, -0.1) is 0 Å². The highest BCUT2D eigenvalue weighted by Gasteiger charge is 2.97. The second-order valence-corrected chi connectivity index (χ2v) is 14.5. The molecule has 6 fully saturated rings. The molecule has 248 valence electrons. The molecule has 12 nitrogen and oxygen atoms in total. The molecule has 7 rings (SSSR count). The van der Waals surface area contributed by atoms with Crippen LogP contribution in [0, 0.1) is 22.7 Å². The Morgan fingerprint density at radius 3 is 2.38 bits per heavy atom. The molecule has 5 N–H and O–H groups in total. The monoisotopic (exact) mass is 630 g/mol. The van der Waals surface area contributed by atoms with E-state index >= 15 is 0 Å². The molecule has 1 aliphatic heterocycles. The summed E-state index contributed by atoms with van der Waals surface area (Å²) in [6.45, 7) is 4.25. The lowest BCUT2D eigenvalue weighted by Gasteiger charge is -2.74. The molecule has 1 aromatic carbocycles. The number of rotatable bonds is 8. The van der Waals surface area contributed by atoms with E-state index in [1.165, 1.54) is 21.1 Å². The van der Waals surface area contributed by atoms with Crippen LogP contribution in [0.4, 0.5) is 5.69 Å². The Labute approximate surface area is 263 Å². The van der Waals surface area contributed by atoms with Crippen LogP contribution < -0.4 is 5.32 Å². The molecular weight excluding hydrogens is 584 g/mol. The summed E-state index contributed by atoms with van der Waals surface area (Å²) in [7, 11) is 4.58. The topological polar surface area (TPSA) is 167 Å². The van der Waals surface area contributed by atoms with Gasteiger partial charge in [0.2, 0.25) is 5.91 Å². The van der Waals surface area contributed by atoms with Crippen LogP contribution in [-0.4, -0.2) is 125 Å². The Kier molecular flexibility index (Phi) is 6.94. The van der Waals surface area contributed by atoms with Crippen LogP contribution in [0.25, 0.3) is 0 Å². The van der Waals surface area contributed by atoms with Gasteiger partial charge < -0.3 is 44.7 Å². The van der Waals surface area contributed by atoms with Crippen molar-refractivity contribution >= 4 is 17.6 Å². The first kappa shape index (κ1) is 31.4. The number of aliphatic hydroxyl groups is 4. The molecule has 6 aliphatic rings. The number of carbonyl (C=O) groups is 2. The molecule has 1 saturated heterocycles. The van der Waals surface area contributed by atoms with Gasteiger partial charge in [0.25, 0.3) is 0 Å². The number of ether oxygens (including phenoxy) is 4. The van der Waals surface area contributed by atoms with Crippen molar-refractivity contribution in [1.82, 2.24) is 4.90 Å². The Bertz CT molecular complexity index is 1410. The molecule has 1 spiro atoms. The molecule has 1 heterocycles. The number of carbonyl (C=O) groups excluding carboxylic acids is 2. The van der Waals surface area contributed by atoms with Crippen LogP contribution in [0.2, 0.25) is 0 Å². The van der Waals surface area contributed by atoms with Gasteiger partial charge in [0.1, 0.15) is 16.8 Å². The Hall–Kier alpha value is -2.16. The number of nitrogens with one attached hydrogen (secondary N) is 1. The van der Waals surface area contributed by atoms with Gasteiger partial charge in [-0.05, 0) is 50.3 Å². The number of anilines is 1. The third-order valence-corrected chi connectivity index (χ3v) is 13.3. The van der Waals surface area contributed by atoms with Gasteiger partial charge in [0, 0.05) is 52.6 Å². The number of hydrogen-bond acceptors (Lipinski definition) is 11. The minimum absolute atomic E-state index is 0.0207. The number of methoxy groups -OCH3 is 3. The standard InChI is InChI=1S/C33H46N2O10/c1-6-35-16-28(17-45-26(37)19-9-7-8-10-21(19)34-18(2)36)12-11-24(43-4)32-23(28)15-29(38,27(32)35)30(39)14-22(42-3)20-13-31(32,40)33(30,41)25(20)44-5/h7-10,20,22-25,27,38-41H,6,11-17H2,1-5H3,(H,34,36). The molecule has 5 aliphatic carbocycles. The number of hydrogen-bond donors (Lipinski definition) is 5. The smallest absolute Gasteiger partial charge is 0.340 e. The minimum atomic E-state index is -2.22. The van der Waals surface area contributed by atoms with Gasteiger partial charge in [-0.25, -0.2) is 4.79 Å². The lowest BCUT2D eigenvalue weighted by molar-refractivity contribution is -0.407. The number of benzene rings is 1. The van der Waals surface area contributed by atoms with Crippen molar-refractivity contribution in [2.75, 3.05) is 46.3 Å². The fraction of sp³-hybridized carbons (Fsp3) is 0.758. The number of likely N-dealkylation sites (tertiary alicyclic amines) is 1. The Balaban J connectivity index is 1.37. The maximum atomic E-state index is 13.6. The molecule has 1 amide bonds. The number of para-hydroxylation sites is 1. The second-order valence-electron chi connectivity index (χ2n) is 14.5. The summed E-state index contributed by atoms with van der Waals surface area (Å²) >= 11 is 0. The number of amides is 1. The van der Waals surface area contributed by atoms with Crippen LogP contribution in [0.3, 0.4) is 0 Å². The van der Waals surface area contributed by atoms with Gasteiger partial charge in [0.15, 0.2) is 5.60 Å². The van der Waals surface area contributed by atoms with E-state index in [0.29, 0.717) is 31.6 Å². The molecule has 1 aromatic rings. The summed E-state index contributed by atoms with van der Waals surface area (Å²) in [6, 6.07) is 5.90. The second kappa shape index (κ2) is 9.93. The van der Waals surface area contributed by atoms with Crippen LogP contribution in [0.1, 0.15) is 56.3 Å². The highest BCUT2D eigenvalue weighted by Crippen LogP contribution is 2.82. The zero-order valence-electron chi connectivity index (χ0n) is 26.6. The average Bonchev–Trinajstić information content (AvgIpc) is 3.36. The van der Waals surface area contributed by atoms with Gasteiger partial charge >= 0.3 is 5.97 Å². The van der Waals surface area contributed by atoms with Crippen molar-refractivity contribution in [3.8, 4) is 0 Å². The van der Waals surface area contributed by atoms with E-state index < -0.39 is 75.4 Å². The summed E-state index contributed by atoms with van der Waals surface area (Å²) in [5.41, 5.74) is -9.62. The molecule has 5 saturated carbocycles. The molecule has 12 heteroatoms. The lowest BCUT2D eigenvalue weighted by atomic mass is 9.39. The number of fused-ring (bicyclic) bond motifs is 2. The maximum absolute atomic E-state index is 13.6. The zero-order chi connectivity index (χ0) is 32.4. The van der Waals surface area contributed by atoms with Gasteiger partial charge in [-0.2, -0.15) is 0 Å². The minimum Gasteiger partial charge on any atom is -0.461 e. The van der Waals surface area contributed by atoms with E-state index in [4.69, 9.17) is 18.9 Å². The van der Waals surface area contributed by atoms with Crippen LogP contribution >= 0.6 is 0 Å². The Morgan fingerprint density at radius 2 is 1.73 bits per heavy atom. The van der Waals surface area contributed by atoms with Crippen molar-refractivity contribution in [3.63, 3.8) is 0 Å². The SMILES string of the molecule is CCN1CC2(COC(=O)c3ccccc3NC(C)=O)CCC(OC)C34C2CC(O)(C13)C1(O)CC(OC)C2CC4(O)C1(O)C2OC. The average molecular weight is 631 g/mol. The van der Waals surface area contributed by atoms with Crippen molar-refractivity contribution in [3.05, 3.63) is 29.8 Å². The van der Waals surface area contributed by atoms with Crippen molar-refractivity contribution < 1.29 is 49.0 Å². The van der Waals surface area contributed by atoms with Gasteiger partial charge in [-0.3, -0.25) is 9.69 Å². The van der Waals surface area contributed by atoms with E-state index in [9.17, 15) is 30.0 Å². The predicted octanol–water partition coefficient (Wildman–Crippen LogP) is 0.699. The highest BCUT2D eigenvalue weighted by molar-refractivity contribution is 6.00. The highest BCUT2D eigenvalue weighted by atomic mass is 16.5. The zero-order valence-corrected chi connectivity index (χ0v) is 26.6. The third-order valence-electron chi connectivity index (χ3n) is 13.3. The van der Waals surface area contributed by atoms with Crippen LogP contribution in [0.5, 0.6) is 0 Å². The molecule has 45 heavy (non-hydrogen) atoms. The van der Waals surface area contributed by atoms with Crippen LogP contribution in [0.15, 0.2) is 24.3 Å². The first-order chi connectivity index (χ1) is 21.3. The van der Waals surface area contributed by atoms with E-state index in [1.54, 1.807) is 31.4 Å². The summed E-state index contributed by atoms with van der Waals surface area (Å²) < 4.78 is 24.1. The first-order valence-corrected chi connectivity index (χ1v) is 16.1. The third kappa shape index (κ3) is 3.35. The largest absolute Gasteiger partial charge is 0.461 e. The number of nitrogens with zero attached hydrogens (tertiary/aromatic N) is 1.